The van der Waals surface area contributed by atoms with Crippen LogP contribution in [0.15, 0.2) is 24.3 Å². The quantitative estimate of drug-likeness (QED) is 0.876. The van der Waals surface area contributed by atoms with Crippen molar-refractivity contribution in [1.82, 2.24) is 0 Å². The Hall–Kier alpha value is -1.55. The number of benzene rings is 1. The van der Waals surface area contributed by atoms with Crippen molar-refractivity contribution >= 4 is 17.3 Å². The van der Waals surface area contributed by atoms with Gasteiger partial charge in [-0.25, -0.2) is 0 Å². The lowest BCUT2D eigenvalue weighted by atomic mass is 9.99. The molecule has 0 spiro atoms. The van der Waals surface area contributed by atoms with Gasteiger partial charge in [0.25, 0.3) is 0 Å². The molecule has 2 rings (SSSR count). The summed E-state index contributed by atoms with van der Waals surface area (Å²) < 4.78 is 0. The van der Waals surface area contributed by atoms with Crippen molar-refractivity contribution in [3.8, 4) is 0 Å². The zero-order chi connectivity index (χ0) is 15.2. The fourth-order valence-corrected chi connectivity index (χ4v) is 2.62. The lowest BCUT2D eigenvalue weighted by Crippen LogP contribution is -2.32. The van der Waals surface area contributed by atoms with Gasteiger partial charge in [-0.1, -0.05) is 13.8 Å². The first-order valence-corrected chi connectivity index (χ1v) is 7.99. The molecule has 21 heavy (non-hydrogen) atoms. The molecule has 1 heterocycles. The number of carbonyl (C=O) groups is 1. The SMILES string of the molecule is CCC(N)CC(=O)Nc1ccc(N2CCC(C)CC2)cc1. The molecule has 0 aliphatic carbocycles. The van der Waals surface area contributed by atoms with E-state index in [0.717, 1.165) is 31.1 Å². The lowest BCUT2D eigenvalue weighted by Gasteiger charge is -2.32. The summed E-state index contributed by atoms with van der Waals surface area (Å²) in [5.74, 6) is 0.825. The first-order valence-electron chi connectivity index (χ1n) is 7.99. The lowest BCUT2D eigenvalue weighted by molar-refractivity contribution is -0.116. The molecule has 1 aromatic carbocycles. The number of carbonyl (C=O) groups excluding carboxylic acids is 1. The molecular weight excluding hydrogens is 262 g/mol. The largest absolute Gasteiger partial charge is 0.372 e. The summed E-state index contributed by atoms with van der Waals surface area (Å²) in [6.45, 7) is 6.56. The highest BCUT2D eigenvalue weighted by Crippen LogP contribution is 2.24. The molecule has 1 atom stereocenters. The first-order chi connectivity index (χ1) is 10.1. The second kappa shape index (κ2) is 7.46. The van der Waals surface area contributed by atoms with Crippen molar-refractivity contribution in [2.45, 2.75) is 45.6 Å². The number of piperidine rings is 1. The summed E-state index contributed by atoms with van der Waals surface area (Å²) in [4.78, 5) is 14.2. The zero-order valence-corrected chi connectivity index (χ0v) is 13.1. The second-order valence-electron chi connectivity index (χ2n) is 6.14. The van der Waals surface area contributed by atoms with Crippen LogP contribution in [0, 0.1) is 5.92 Å². The molecule has 1 aliphatic rings. The summed E-state index contributed by atoms with van der Waals surface area (Å²) in [5, 5.41) is 2.91. The minimum Gasteiger partial charge on any atom is -0.372 e. The molecule has 1 amide bonds. The van der Waals surface area contributed by atoms with Crippen molar-refractivity contribution < 1.29 is 4.79 Å². The van der Waals surface area contributed by atoms with E-state index in [-0.39, 0.29) is 11.9 Å². The maximum atomic E-state index is 11.8. The van der Waals surface area contributed by atoms with Crippen molar-refractivity contribution in [2.75, 3.05) is 23.3 Å². The molecule has 1 saturated heterocycles. The van der Waals surface area contributed by atoms with Gasteiger partial charge >= 0.3 is 0 Å². The smallest absolute Gasteiger partial charge is 0.225 e. The fraction of sp³-hybridized carbons (Fsp3) is 0.588. The van der Waals surface area contributed by atoms with E-state index >= 15 is 0 Å². The molecule has 3 N–H and O–H groups in total. The van der Waals surface area contributed by atoms with Gasteiger partial charge < -0.3 is 16.0 Å². The second-order valence-corrected chi connectivity index (χ2v) is 6.14. The molecule has 0 bridgehead atoms. The average Bonchev–Trinajstić information content (AvgIpc) is 2.48. The summed E-state index contributed by atoms with van der Waals surface area (Å²) in [6.07, 6.45) is 3.71. The third-order valence-corrected chi connectivity index (χ3v) is 4.27. The zero-order valence-electron chi connectivity index (χ0n) is 13.1. The highest BCUT2D eigenvalue weighted by Gasteiger charge is 2.16. The molecular formula is C17H27N3O. The Morgan fingerprint density at radius 3 is 2.52 bits per heavy atom. The number of nitrogens with zero attached hydrogens (tertiary/aromatic N) is 1. The van der Waals surface area contributed by atoms with E-state index in [1.807, 2.05) is 19.1 Å². The van der Waals surface area contributed by atoms with Gasteiger partial charge in [-0.3, -0.25) is 4.79 Å². The van der Waals surface area contributed by atoms with E-state index in [1.165, 1.54) is 18.5 Å². The maximum absolute atomic E-state index is 11.8. The van der Waals surface area contributed by atoms with Crippen LogP contribution < -0.4 is 16.0 Å². The first kappa shape index (κ1) is 15.8. The number of anilines is 2. The summed E-state index contributed by atoms with van der Waals surface area (Å²) in [5.41, 5.74) is 7.88. The number of hydrogen-bond acceptors (Lipinski definition) is 3. The van der Waals surface area contributed by atoms with Gasteiger partial charge in [-0.15, -0.1) is 0 Å². The highest BCUT2D eigenvalue weighted by atomic mass is 16.1. The third kappa shape index (κ3) is 4.74. The van der Waals surface area contributed by atoms with Crippen molar-refractivity contribution in [1.29, 1.82) is 0 Å². The molecule has 0 saturated carbocycles. The van der Waals surface area contributed by atoms with Gasteiger partial charge in [-0.2, -0.15) is 0 Å². The van der Waals surface area contributed by atoms with Crippen molar-refractivity contribution in [2.24, 2.45) is 11.7 Å². The van der Waals surface area contributed by atoms with E-state index < -0.39 is 0 Å². The van der Waals surface area contributed by atoms with Crippen LogP contribution in [0.3, 0.4) is 0 Å². The summed E-state index contributed by atoms with van der Waals surface area (Å²) in [7, 11) is 0. The molecule has 1 aromatic rings. The molecule has 4 heteroatoms. The van der Waals surface area contributed by atoms with E-state index in [1.54, 1.807) is 0 Å². The Bertz CT molecular complexity index is 450. The van der Waals surface area contributed by atoms with E-state index in [9.17, 15) is 4.79 Å². The van der Waals surface area contributed by atoms with E-state index in [2.05, 4.69) is 29.3 Å². The predicted molar refractivity (Wildman–Crippen MR) is 88.6 cm³/mol. The van der Waals surface area contributed by atoms with Crippen LogP contribution in [0.1, 0.15) is 39.5 Å². The Labute approximate surface area is 127 Å². The molecule has 0 radical (unpaired) electrons. The van der Waals surface area contributed by atoms with Crippen molar-refractivity contribution in [3.63, 3.8) is 0 Å². The standard InChI is InChI=1S/C17H27N3O/c1-3-14(18)12-17(21)19-15-4-6-16(7-5-15)20-10-8-13(2)9-11-20/h4-7,13-14H,3,8-12,18H2,1-2H3,(H,19,21). The van der Waals surface area contributed by atoms with Gasteiger partial charge in [0.2, 0.25) is 5.91 Å². The predicted octanol–water partition coefficient (Wildman–Crippen LogP) is 2.99. The third-order valence-electron chi connectivity index (χ3n) is 4.27. The normalized spacial score (nSPS) is 17.6. The number of nitrogens with two attached hydrogens (primary N) is 1. The molecule has 0 aromatic heterocycles. The number of rotatable bonds is 5. The molecule has 116 valence electrons. The average molecular weight is 289 g/mol. The van der Waals surface area contributed by atoms with Crippen LogP contribution in [0.2, 0.25) is 0 Å². The Morgan fingerprint density at radius 1 is 1.33 bits per heavy atom. The maximum Gasteiger partial charge on any atom is 0.225 e. The highest BCUT2D eigenvalue weighted by molar-refractivity contribution is 5.91. The molecule has 4 nitrogen and oxygen atoms in total. The molecule has 1 aliphatic heterocycles. The minimum absolute atomic E-state index is 0.0103. The van der Waals surface area contributed by atoms with Crippen LogP contribution >= 0.6 is 0 Å². The van der Waals surface area contributed by atoms with Crippen LogP contribution in [0.25, 0.3) is 0 Å². The number of amides is 1. The van der Waals surface area contributed by atoms with Gasteiger partial charge in [-0.05, 0) is 49.4 Å². The van der Waals surface area contributed by atoms with E-state index in [4.69, 9.17) is 5.73 Å². The molecule has 1 fully saturated rings. The summed E-state index contributed by atoms with van der Waals surface area (Å²) in [6, 6.07) is 8.07. The fourth-order valence-electron chi connectivity index (χ4n) is 2.62. The monoisotopic (exact) mass is 289 g/mol. The summed E-state index contributed by atoms with van der Waals surface area (Å²) >= 11 is 0. The van der Waals surface area contributed by atoms with Gasteiger partial charge in [0.05, 0.1) is 0 Å². The van der Waals surface area contributed by atoms with Crippen LogP contribution in [0.5, 0.6) is 0 Å². The Morgan fingerprint density at radius 2 is 1.95 bits per heavy atom. The molecule has 1 unspecified atom stereocenters. The van der Waals surface area contributed by atoms with Gasteiger partial charge in [0.15, 0.2) is 0 Å². The van der Waals surface area contributed by atoms with Gasteiger partial charge in [0, 0.05) is 36.9 Å². The Balaban J connectivity index is 1.88. The van der Waals surface area contributed by atoms with Crippen LogP contribution in [-0.4, -0.2) is 25.0 Å². The van der Waals surface area contributed by atoms with Crippen molar-refractivity contribution in [3.05, 3.63) is 24.3 Å². The van der Waals surface area contributed by atoms with E-state index in [0.29, 0.717) is 6.42 Å². The van der Waals surface area contributed by atoms with Gasteiger partial charge in [0.1, 0.15) is 0 Å². The number of hydrogen-bond donors (Lipinski definition) is 2. The van der Waals surface area contributed by atoms with Crippen LogP contribution in [-0.2, 0) is 4.79 Å². The topological polar surface area (TPSA) is 58.4 Å². The van der Waals surface area contributed by atoms with Crippen LogP contribution in [0.4, 0.5) is 11.4 Å². The Kier molecular flexibility index (Phi) is 5.62. The minimum atomic E-state index is -0.0559. The number of nitrogens with one attached hydrogen (secondary N) is 1.